The number of anilines is 2. The molecule has 3 aromatic rings. The van der Waals surface area contributed by atoms with Gasteiger partial charge in [-0.05, 0) is 32.0 Å². The van der Waals surface area contributed by atoms with Gasteiger partial charge in [-0.25, -0.2) is 28.2 Å². The van der Waals surface area contributed by atoms with Gasteiger partial charge in [0.15, 0.2) is 17.5 Å². The van der Waals surface area contributed by atoms with Gasteiger partial charge in [-0.15, -0.1) is 0 Å². The Labute approximate surface area is 160 Å². The van der Waals surface area contributed by atoms with Gasteiger partial charge in [0.2, 0.25) is 0 Å². The Morgan fingerprint density at radius 2 is 1.89 bits per heavy atom. The van der Waals surface area contributed by atoms with Crippen LogP contribution >= 0.6 is 0 Å². The van der Waals surface area contributed by atoms with Crippen molar-refractivity contribution in [2.45, 2.75) is 13.8 Å². The second kappa shape index (κ2) is 8.42. The molecular weight excluding hydrogens is 368 g/mol. The Balaban J connectivity index is 1.48. The fourth-order valence-corrected chi connectivity index (χ4v) is 2.54. The molecule has 10 heteroatoms. The third kappa shape index (κ3) is 4.78. The maximum Gasteiger partial charge on any atom is 0.319 e. The zero-order valence-electron chi connectivity index (χ0n) is 15.3. The minimum atomic E-state index is -1.03. The summed E-state index contributed by atoms with van der Waals surface area (Å²) in [5.41, 5.74) is 2.01. The largest absolute Gasteiger partial charge is 0.368 e. The van der Waals surface area contributed by atoms with Crippen LogP contribution in [0.25, 0.3) is 5.82 Å². The van der Waals surface area contributed by atoms with E-state index in [2.05, 4.69) is 31.0 Å². The number of amides is 2. The molecule has 146 valence electrons. The summed E-state index contributed by atoms with van der Waals surface area (Å²) in [4.78, 5) is 20.1. The molecule has 8 nitrogen and oxygen atoms in total. The highest BCUT2D eigenvalue weighted by molar-refractivity contribution is 5.89. The Morgan fingerprint density at radius 3 is 2.61 bits per heavy atom. The predicted molar refractivity (Wildman–Crippen MR) is 100 cm³/mol. The van der Waals surface area contributed by atoms with Gasteiger partial charge in [-0.3, -0.25) is 0 Å². The molecule has 0 fully saturated rings. The van der Waals surface area contributed by atoms with Crippen molar-refractivity contribution in [1.29, 1.82) is 0 Å². The minimum absolute atomic E-state index is 0.162. The van der Waals surface area contributed by atoms with Crippen molar-refractivity contribution in [2.24, 2.45) is 0 Å². The molecule has 0 saturated heterocycles. The van der Waals surface area contributed by atoms with Crippen molar-refractivity contribution in [3.05, 3.63) is 59.7 Å². The summed E-state index contributed by atoms with van der Waals surface area (Å²) in [6.07, 6.45) is 1.43. The lowest BCUT2D eigenvalue weighted by Crippen LogP contribution is -2.32. The summed E-state index contributed by atoms with van der Waals surface area (Å²) in [5.74, 6) is -0.783. The van der Waals surface area contributed by atoms with E-state index in [0.29, 0.717) is 18.2 Å². The predicted octanol–water partition coefficient (Wildman–Crippen LogP) is 2.79. The lowest BCUT2D eigenvalue weighted by atomic mass is 10.3. The van der Waals surface area contributed by atoms with E-state index < -0.39 is 17.7 Å². The van der Waals surface area contributed by atoms with Crippen LogP contribution in [-0.4, -0.2) is 38.9 Å². The van der Waals surface area contributed by atoms with Crippen LogP contribution in [0.5, 0.6) is 0 Å². The molecule has 0 aliphatic heterocycles. The molecule has 0 unspecified atom stereocenters. The first kappa shape index (κ1) is 19.2. The van der Waals surface area contributed by atoms with E-state index >= 15 is 0 Å². The number of halogens is 2. The molecule has 0 spiro atoms. The molecule has 3 rings (SSSR count). The molecule has 0 radical (unpaired) electrons. The zero-order valence-corrected chi connectivity index (χ0v) is 15.3. The van der Waals surface area contributed by atoms with Gasteiger partial charge in [0.1, 0.15) is 12.1 Å². The van der Waals surface area contributed by atoms with E-state index in [1.54, 1.807) is 10.7 Å². The fourth-order valence-electron chi connectivity index (χ4n) is 2.54. The van der Waals surface area contributed by atoms with E-state index in [9.17, 15) is 13.6 Å². The third-order valence-electron chi connectivity index (χ3n) is 3.77. The van der Waals surface area contributed by atoms with E-state index in [4.69, 9.17) is 0 Å². The van der Waals surface area contributed by atoms with Gasteiger partial charge >= 0.3 is 6.03 Å². The number of carbonyl (C=O) groups excluding carboxylic acids is 1. The average Bonchev–Trinajstić information content (AvgIpc) is 3.00. The van der Waals surface area contributed by atoms with Crippen molar-refractivity contribution >= 4 is 17.5 Å². The zero-order chi connectivity index (χ0) is 20.1. The van der Waals surface area contributed by atoms with Gasteiger partial charge in [-0.1, -0.05) is 0 Å². The molecule has 2 aromatic heterocycles. The number of urea groups is 1. The van der Waals surface area contributed by atoms with Gasteiger partial charge in [0.25, 0.3) is 0 Å². The summed E-state index contributed by atoms with van der Waals surface area (Å²) in [7, 11) is 0. The maximum atomic E-state index is 13.1. The molecule has 2 amide bonds. The van der Waals surface area contributed by atoms with Crippen LogP contribution in [0.1, 0.15) is 11.4 Å². The normalized spacial score (nSPS) is 10.6. The number of rotatable bonds is 6. The topological polar surface area (TPSA) is 96.8 Å². The summed E-state index contributed by atoms with van der Waals surface area (Å²) < 4.78 is 27.7. The Bertz CT molecular complexity index is 990. The van der Waals surface area contributed by atoms with Crippen LogP contribution in [-0.2, 0) is 0 Å². The van der Waals surface area contributed by atoms with Crippen LogP contribution in [0.4, 0.5) is 25.1 Å². The van der Waals surface area contributed by atoms with Crippen molar-refractivity contribution in [3.8, 4) is 5.82 Å². The van der Waals surface area contributed by atoms with Crippen LogP contribution in [0, 0.1) is 25.5 Å². The number of carbonyl (C=O) groups is 1. The smallest absolute Gasteiger partial charge is 0.319 e. The average molecular weight is 387 g/mol. The number of benzene rings is 1. The standard InChI is InChI=1S/C18H19F2N7O/c1-11-7-12(2)27(26-11)17-9-16(23-10-24-17)21-5-6-22-18(28)25-13-3-4-14(19)15(20)8-13/h3-4,7-10H,5-6H2,1-2H3,(H,21,23,24)(H2,22,25,28). The number of hydrogen-bond donors (Lipinski definition) is 3. The van der Waals surface area contributed by atoms with Crippen LogP contribution in [0.15, 0.2) is 36.7 Å². The molecule has 0 aliphatic carbocycles. The molecule has 0 saturated carbocycles. The second-order valence-corrected chi connectivity index (χ2v) is 6.04. The summed E-state index contributed by atoms with van der Waals surface area (Å²) in [6.45, 7) is 4.53. The lowest BCUT2D eigenvalue weighted by molar-refractivity contribution is 0.252. The number of aryl methyl sites for hydroxylation is 2. The molecule has 3 N–H and O–H groups in total. The molecular formula is C18H19F2N7O. The summed E-state index contributed by atoms with van der Waals surface area (Å²) >= 11 is 0. The highest BCUT2D eigenvalue weighted by atomic mass is 19.2. The third-order valence-corrected chi connectivity index (χ3v) is 3.77. The molecule has 28 heavy (non-hydrogen) atoms. The van der Waals surface area contributed by atoms with E-state index in [1.165, 1.54) is 12.4 Å². The summed E-state index contributed by atoms with van der Waals surface area (Å²) in [5, 5.41) is 12.5. The van der Waals surface area contributed by atoms with E-state index in [0.717, 1.165) is 23.5 Å². The van der Waals surface area contributed by atoms with Gasteiger partial charge in [0, 0.05) is 36.6 Å². The Kier molecular flexibility index (Phi) is 5.78. The molecule has 0 aliphatic rings. The van der Waals surface area contributed by atoms with Crippen LogP contribution in [0.3, 0.4) is 0 Å². The van der Waals surface area contributed by atoms with E-state index in [-0.39, 0.29) is 12.2 Å². The SMILES string of the molecule is Cc1cc(C)n(-c2cc(NCCNC(=O)Nc3ccc(F)c(F)c3)ncn2)n1. The van der Waals surface area contributed by atoms with Crippen molar-refractivity contribution in [1.82, 2.24) is 25.1 Å². The Hall–Kier alpha value is -3.56. The van der Waals surface area contributed by atoms with Gasteiger partial charge < -0.3 is 16.0 Å². The van der Waals surface area contributed by atoms with Crippen LogP contribution in [0.2, 0.25) is 0 Å². The maximum absolute atomic E-state index is 13.1. The van der Waals surface area contributed by atoms with Gasteiger partial charge in [0.05, 0.1) is 5.69 Å². The van der Waals surface area contributed by atoms with Crippen molar-refractivity contribution < 1.29 is 13.6 Å². The first-order chi connectivity index (χ1) is 13.4. The van der Waals surface area contributed by atoms with Crippen LogP contribution < -0.4 is 16.0 Å². The number of hydrogen-bond acceptors (Lipinski definition) is 5. The molecule has 2 heterocycles. The number of nitrogens with one attached hydrogen (secondary N) is 3. The summed E-state index contributed by atoms with van der Waals surface area (Å²) in [6, 6.07) is 6.30. The van der Waals surface area contributed by atoms with Gasteiger partial charge in [-0.2, -0.15) is 5.10 Å². The van der Waals surface area contributed by atoms with Crippen molar-refractivity contribution in [3.63, 3.8) is 0 Å². The monoisotopic (exact) mass is 387 g/mol. The highest BCUT2D eigenvalue weighted by Crippen LogP contribution is 2.13. The second-order valence-electron chi connectivity index (χ2n) is 6.04. The number of aromatic nitrogens is 4. The Morgan fingerprint density at radius 1 is 1.07 bits per heavy atom. The molecule has 1 aromatic carbocycles. The number of nitrogens with zero attached hydrogens (tertiary/aromatic N) is 4. The lowest BCUT2D eigenvalue weighted by Gasteiger charge is -2.10. The first-order valence-electron chi connectivity index (χ1n) is 8.52. The van der Waals surface area contributed by atoms with Crippen molar-refractivity contribution in [2.75, 3.05) is 23.7 Å². The quantitative estimate of drug-likeness (QED) is 0.565. The van der Waals surface area contributed by atoms with E-state index in [1.807, 2.05) is 19.9 Å². The minimum Gasteiger partial charge on any atom is -0.368 e. The molecule has 0 bridgehead atoms. The first-order valence-corrected chi connectivity index (χ1v) is 8.52. The molecule has 0 atom stereocenters. The highest BCUT2D eigenvalue weighted by Gasteiger charge is 2.07. The fraction of sp³-hybridized carbons (Fsp3) is 0.222.